The molecule has 33 heavy (non-hydrogen) atoms. The largest absolute Gasteiger partial charge is 0.436 e. The fourth-order valence-electron chi connectivity index (χ4n) is 3.78. The predicted octanol–water partition coefficient (Wildman–Crippen LogP) is 4.40. The van der Waals surface area contributed by atoms with Crippen molar-refractivity contribution in [3.63, 3.8) is 0 Å². The number of oxazole rings is 1. The van der Waals surface area contributed by atoms with Gasteiger partial charge in [0.2, 0.25) is 5.89 Å². The van der Waals surface area contributed by atoms with Crippen molar-refractivity contribution < 1.29 is 21.8 Å². The third kappa shape index (κ3) is 4.78. The lowest BCUT2D eigenvalue weighted by Crippen LogP contribution is -2.35. The third-order valence-electron chi connectivity index (χ3n) is 5.61. The molecule has 0 bridgehead atoms. The van der Waals surface area contributed by atoms with E-state index in [1.807, 2.05) is 37.3 Å². The second kappa shape index (κ2) is 8.97. The highest BCUT2D eigenvalue weighted by Gasteiger charge is 2.21. The van der Waals surface area contributed by atoms with Gasteiger partial charge in [0.1, 0.15) is 16.2 Å². The zero-order valence-electron chi connectivity index (χ0n) is 18.2. The quantitative estimate of drug-likeness (QED) is 0.391. The van der Waals surface area contributed by atoms with Crippen molar-refractivity contribution in [2.45, 2.75) is 18.4 Å². The number of rotatable bonds is 6. The highest BCUT2D eigenvalue weighted by atomic mass is 32.2. The molecular weight excluding hydrogens is 440 g/mol. The highest BCUT2D eigenvalue weighted by molar-refractivity contribution is 7.87. The van der Waals surface area contributed by atoms with Gasteiger partial charge in [-0.15, -0.1) is 0 Å². The van der Waals surface area contributed by atoms with Crippen molar-refractivity contribution in [2.24, 2.45) is 0 Å². The number of para-hydroxylation sites is 2. The van der Waals surface area contributed by atoms with Crippen LogP contribution in [0, 0.1) is 6.92 Å². The van der Waals surface area contributed by atoms with Crippen LogP contribution < -0.4 is 4.18 Å². The summed E-state index contributed by atoms with van der Waals surface area (Å²) < 4.78 is 42.9. The minimum absolute atomic E-state index is 0.119. The summed E-state index contributed by atoms with van der Waals surface area (Å²) in [6.45, 7) is 5.23. The van der Waals surface area contributed by atoms with Gasteiger partial charge < -0.3 is 13.3 Å². The molecule has 0 atom stereocenters. The van der Waals surface area contributed by atoms with Crippen LogP contribution in [-0.4, -0.2) is 44.6 Å². The third-order valence-corrected chi connectivity index (χ3v) is 6.86. The molecule has 0 amide bonds. The summed E-state index contributed by atoms with van der Waals surface area (Å²) in [5.41, 5.74) is 3.94. The Morgan fingerprint density at radius 2 is 1.76 bits per heavy atom. The Bertz CT molecular complexity index is 1340. The minimum Gasteiger partial charge on any atom is -0.436 e. The molecule has 1 aromatic heterocycles. The van der Waals surface area contributed by atoms with Crippen LogP contribution in [0.5, 0.6) is 5.75 Å². The van der Waals surface area contributed by atoms with E-state index in [4.69, 9.17) is 13.3 Å². The monoisotopic (exact) mass is 464 g/mol. The smallest absolute Gasteiger partial charge is 0.339 e. The number of hydrogen-bond acceptors (Lipinski definition) is 7. The van der Waals surface area contributed by atoms with Crippen molar-refractivity contribution in [2.75, 3.05) is 26.3 Å². The summed E-state index contributed by atoms with van der Waals surface area (Å²) in [6, 6.07) is 19.5. The van der Waals surface area contributed by atoms with Crippen molar-refractivity contribution in [3.05, 3.63) is 77.9 Å². The molecule has 0 N–H and O–H groups in total. The maximum Gasteiger partial charge on any atom is 0.339 e. The van der Waals surface area contributed by atoms with E-state index in [9.17, 15) is 8.42 Å². The van der Waals surface area contributed by atoms with Gasteiger partial charge in [-0.25, -0.2) is 4.98 Å². The molecule has 8 heteroatoms. The van der Waals surface area contributed by atoms with Gasteiger partial charge in [0.15, 0.2) is 5.58 Å². The van der Waals surface area contributed by atoms with Gasteiger partial charge in [0, 0.05) is 30.8 Å². The normalized spacial score (nSPS) is 15.1. The number of hydrogen-bond donors (Lipinski definition) is 0. The van der Waals surface area contributed by atoms with Crippen molar-refractivity contribution in [1.29, 1.82) is 0 Å². The van der Waals surface area contributed by atoms with Gasteiger partial charge in [-0.2, -0.15) is 8.42 Å². The number of aryl methyl sites for hydroxylation is 1. The highest BCUT2D eigenvalue weighted by Crippen LogP contribution is 2.31. The second-order valence-corrected chi connectivity index (χ2v) is 9.59. The van der Waals surface area contributed by atoms with Gasteiger partial charge >= 0.3 is 10.1 Å². The number of fused-ring (bicyclic) bond motifs is 1. The number of ether oxygens (including phenoxy) is 1. The van der Waals surface area contributed by atoms with Crippen LogP contribution in [0.3, 0.4) is 0 Å². The first-order valence-corrected chi connectivity index (χ1v) is 12.2. The van der Waals surface area contributed by atoms with Crippen LogP contribution in [-0.2, 0) is 21.4 Å². The van der Waals surface area contributed by atoms with Crippen LogP contribution in [0.15, 0.2) is 76.0 Å². The Kier molecular flexibility index (Phi) is 5.88. The van der Waals surface area contributed by atoms with Crippen LogP contribution in [0.1, 0.15) is 11.1 Å². The Labute approximate surface area is 192 Å². The van der Waals surface area contributed by atoms with E-state index in [0.29, 0.717) is 37.0 Å². The molecule has 0 unspecified atom stereocenters. The summed E-state index contributed by atoms with van der Waals surface area (Å²) in [4.78, 5) is 6.90. The molecule has 1 aliphatic heterocycles. The standard InChI is InChI=1S/C25H24N2O5S/c1-18-6-9-21(10-7-18)33(28,29)32-23-11-8-19(16-20(23)17-27-12-14-30-15-13-27)25-26-22-4-2-3-5-24(22)31-25/h2-11,16H,12-15,17H2,1H3. The maximum absolute atomic E-state index is 12.9. The van der Waals surface area contributed by atoms with Gasteiger partial charge in [-0.1, -0.05) is 29.8 Å². The number of aromatic nitrogens is 1. The molecule has 0 saturated carbocycles. The fourth-order valence-corrected chi connectivity index (χ4v) is 4.75. The summed E-state index contributed by atoms with van der Waals surface area (Å²) >= 11 is 0. The number of morpholine rings is 1. The first-order valence-electron chi connectivity index (χ1n) is 10.8. The average Bonchev–Trinajstić information content (AvgIpc) is 3.25. The van der Waals surface area contributed by atoms with E-state index >= 15 is 0 Å². The van der Waals surface area contributed by atoms with Crippen LogP contribution in [0.2, 0.25) is 0 Å². The Morgan fingerprint density at radius 3 is 2.52 bits per heavy atom. The van der Waals surface area contributed by atoms with Gasteiger partial charge in [0.05, 0.1) is 13.2 Å². The van der Waals surface area contributed by atoms with Crippen LogP contribution in [0.25, 0.3) is 22.6 Å². The van der Waals surface area contributed by atoms with Crippen LogP contribution in [0.4, 0.5) is 0 Å². The molecule has 0 spiro atoms. The molecule has 0 aliphatic carbocycles. The van der Waals surface area contributed by atoms with Gasteiger partial charge in [-0.05, 0) is 49.4 Å². The Hall–Kier alpha value is -3.20. The Balaban J connectivity index is 1.51. The molecule has 2 heterocycles. The number of benzene rings is 3. The SMILES string of the molecule is Cc1ccc(S(=O)(=O)Oc2ccc(-c3nc4ccccc4o3)cc2CN2CCOCC2)cc1. The molecule has 5 rings (SSSR count). The Morgan fingerprint density at radius 1 is 1.00 bits per heavy atom. The predicted molar refractivity (Wildman–Crippen MR) is 125 cm³/mol. The zero-order valence-corrected chi connectivity index (χ0v) is 19.0. The summed E-state index contributed by atoms with van der Waals surface area (Å²) in [5.74, 6) is 0.772. The van der Waals surface area contributed by atoms with Crippen molar-refractivity contribution in [1.82, 2.24) is 9.88 Å². The first-order chi connectivity index (χ1) is 16.0. The fraction of sp³-hybridized carbons (Fsp3) is 0.240. The molecule has 1 fully saturated rings. The molecule has 170 valence electrons. The van der Waals surface area contributed by atoms with Crippen molar-refractivity contribution in [3.8, 4) is 17.2 Å². The first kappa shape index (κ1) is 21.6. The van der Waals surface area contributed by atoms with E-state index in [1.165, 1.54) is 0 Å². The van der Waals surface area contributed by atoms with E-state index in [-0.39, 0.29) is 4.90 Å². The molecule has 1 saturated heterocycles. The maximum atomic E-state index is 12.9. The average molecular weight is 465 g/mol. The van der Waals surface area contributed by atoms with E-state index in [1.54, 1.807) is 36.4 Å². The topological polar surface area (TPSA) is 81.9 Å². The lowest BCUT2D eigenvalue weighted by molar-refractivity contribution is 0.0340. The second-order valence-electron chi connectivity index (χ2n) is 8.05. The zero-order chi connectivity index (χ0) is 22.8. The molecule has 1 aliphatic rings. The van der Waals surface area contributed by atoms with Gasteiger partial charge in [-0.3, -0.25) is 4.90 Å². The molecule has 0 radical (unpaired) electrons. The summed E-state index contributed by atoms with van der Waals surface area (Å²) in [5, 5.41) is 0. The molecule has 3 aromatic carbocycles. The lowest BCUT2D eigenvalue weighted by Gasteiger charge is -2.27. The van der Waals surface area contributed by atoms with Crippen LogP contribution >= 0.6 is 0 Å². The van der Waals surface area contributed by atoms with E-state index < -0.39 is 10.1 Å². The molecule has 7 nitrogen and oxygen atoms in total. The van der Waals surface area contributed by atoms with Gasteiger partial charge in [0.25, 0.3) is 0 Å². The lowest BCUT2D eigenvalue weighted by atomic mass is 10.1. The molecule has 4 aromatic rings. The summed E-state index contributed by atoms with van der Waals surface area (Å²) in [7, 11) is -3.97. The molecular formula is C25H24N2O5S. The number of nitrogens with zero attached hydrogens (tertiary/aromatic N) is 2. The summed E-state index contributed by atoms with van der Waals surface area (Å²) in [6.07, 6.45) is 0. The van der Waals surface area contributed by atoms with Crippen molar-refractivity contribution >= 4 is 21.2 Å². The van der Waals surface area contributed by atoms with E-state index in [2.05, 4.69) is 9.88 Å². The minimum atomic E-state index is -3.97. The van der Waals surface area contributed by atoms with E-state index in [0.717, 1.165) is 35.3 Å².